The van der Waals surface area contributed by atoms with Crippen LogP contribution in [0.15, 0.2) is 97.6 Å². The third-order valence-corrected chi connectivity index (χ3v) is 9.62. The normalized spacial score (nSPS) is 16.6. The molecule has 0 fully saturated rings. The summed E-state index contributed by atoms with van der Waals surface area (Å²) >= 11 is 0. The van der Waals surface area contributed by atoms with Crippen LogP contribution >= 0.6 is 0 Å². The lowest BCUT2D eigenvalue weighted by molar-refractivity contribution is -0.143. The number of hydrogen-bond acceptors (Lipinski definition) is 5. The second-order valence-electron chi connectivity index (χ2n) is 13.7. The number of fused-ring (bicyclic) bond motifs is 10. The van der Waals surface area contributed by atoms with Crippen molar-refractivity contribution in [3.63, 3.8) is 0 Å². The summed E-state index contributed by atoms with van der Waals surface area (Å²) in [5.74, 6) is -0.892. The predicted molar refractivity (Wildman–Crippen MR) is 193 cm³/mol. The molecule has 3 aromatic carbocycles. The zero-order valence-electron chi connectivity index (χ0n) is 29.0. The summed E-state index contributed by atoms with van der Waals surface area (Å²) in [5.41, 5.74) is 4.86. The fraction of sp³-hybridized carbons (Fsp3) is 0.293. The Morgan fingerprint density at radius 2 is 1.96 bits per heavy atom. The number of rotatable bonds is 5. The number of aromatic nitrogens is 5. The first-order valence-corrected chi connectivity index (χ1v) is 17.4. The molecular formula is C41H41F2N5O3. The number of allylic oxidation sites excluding steroid dienone is 2. The monoisotopic (exact) mass is 689 g/mol. The second-order valence-corrected chi connectivity index (χ2v) is 13.7. The molecule has 262 valence electrons. The predicted octanol–water partition coefficient (Wildman–Crippen LogP) is 9.45. The van der Waals surface area contributed by atoms with Gasteiger partial charge in [-0.25, -0.2) is 8.78 Å². The Morgan fingerprint density at radius 3 is 2.82 bits per heavy atom. The first-order chi connectivity index (χ1) is 24.7. The lowest BCUT2D eigenvalue weighted by atomic mass is 9.83. The average molecular weight is 690 g/mol. The van der Waals surface area contributed by atoms with Crippen LogP contribution in [-0.2, 0) is 27.9 Å². The van der Waals surface area contributed by atoms with Gasteiger partial charge in [0.05, 0.1) is 31.1 Å². The molecule has 0 saturated carbocycles. The summed E-state index contributed by atoms with van der Waals surface area (Å²) in [6.45, 7) is 6.81. The van der Waals surface area contributed by atoms with Gasteiger partial charge >= 0.3 is 5.97 Å². The van der Waals surface area contributed by atoms with Gasteiger partial charge in [-0.15, -0.1) is 0 Å². The third-order valence-electron chi connectivity index (χ3n) is 9.62. The quantitative estimate of drug-likeness (QED) is 0.144. The minimum Gasteiger partial charge on any atom is -0.466 e. The molecule has 1 aliphatic rings. The van der Waals surface area contributed by atoms with Crippen molar-refractivity contribution < 1.29 is 23.0 Å². The van der Waals surface area contributed by atoms with Crippen molar-refractivity contribution in [2.45, 2.75) is 70.9 Å². The third kappa shape index (κ3) is 7.36. The van der Waals surface area contributed by atoms with Gasteiger partial charge in [-0.05, 0) is 85.0 Å². The van der Waals surface area contributed by atoms with Gasteiger partial charge < -0.3 is 14.5 Å². The van der Waals surface area contributed by atoms with Crippen LogP contribution in [0.25, 0.3) is 22.2 Å². The Labute approximate surface area is 295 Å². The Morgan fingerprint density at radius 1 is 1.08 bits per heavy atom. The minimum atomic E-state index is -0.539. The van der Waals surface area contributed by atoms with Crippen LogP contribution in [0.5, 0.6) is 11.5 Å². The minimum absolute atomic E-state index is 0.0572. The van der Waals surface area contributed by atoms with Gasteiger partial charge in [0, 0.05) is 53.1 Å². The number of carbonyl (C=O) groups is 1. The summed E-state index contributed by atoms with van der Waals surface area (Å²) in [6.07, 6.45) is 15.1. The highest BCUT2D eigenvalue weighted by Gasteiger charge is 2.24. The Balaban J connectivity index is 1.29. The van der Waals surface area contributed by atoms with Gasteiger partial charge in [0.25, 0.3) is 0 Å². The molecule has 0 amide bonds. The molecule has 6 bridgehead atoms. The highest BCUT2D eigenvalue weighted by atomic mass is 19.1. The maximum absolute atomic E-state index is 15.8. The molecule has 8 nitrogen and oxygen atoms in total. The number of nitrogens with one attached hydrogen (secondary N) is 1. The zero-order chi connectivity index (χ0) is 35.5. The number of nitrogens with zero attached hydrogens (tertiary/aromatic N) is 4. The molecule has 1 N–H and O–H groups in total. The van der Waals surface area contributed by atoms with E-state index >= 15 is 8.78 Å². The van der Waals surface area contributed by atoms with Crippen LogP contribution in [-0.4, -0.2) is 37.1 Å². The fourth-order valence-corrected chi connectivity index (χ4v) is 6.74. The number of ether oxygens (including phenoxy) is 2. The van der Waals surface area contributed by atoms with Crippen molar-refractivity contribution >= 4 is 16.9 Å². The molecule has 6 aromatic rings. The number of esters is 1. The Bertz CT molecular complexity index is 2210. The highest BCUT2D eigenvalue weighted by molar-refractivity contribution is 5.85. The first kappa shape index (κ1) is 34.0. The van der Waals surface area contributed by atoms with Crippen molar-refractivity contribution in [1.29, 1.82) is 0 Å². The number of H-pyrrole nitrogens is 1. The smallest absolute Gasteiger partial charge is 0.306 e. The maximum Gasteiger partial charge on any atom is 0.306 e. The Hall–Kier alpha value is -5.51. The number of benzene rings is 3. The molecule has 4 heterocycles. The molecule has 10 heteroatoms. The van der Waals surface area contributed by atoms with Crippen molar-refractivity contribution in [3.8, 4) is 22.8 Å². The lowest BCUT2D eigenvalue weighted by Gasteiger charge is -2.21. The largest absolute Gasteiger partial charge is 0.466 e. The van der Waals surface area contributed by atoms with Gasteiger partial charge in [-0.1, -0.05) is 50.3 Å². The number of aromatic amines is 1. The number of halogens is 2. The standard InChI is InChI=1S/C41H41F2N5O3/c1-4-50-39(49)15-12-27-9-8-10-28(21-27)38-11-6-5-7-18-41(2,3)29-24-45-47(25-29)26-33-31-16-19-44-37(31)23-35(43)40(33)51-30-13-14-34(42)32(22-30)36-17-20-48(38)46-36/h5,7-10,13-14,16-17,19-25,38,44H,4,6,11-12,15,18,26H2,1-3H3/b7-5+. The molecule has 0 saturated heterocycles. The molecule has 3 aromatic heterocycles. The summed E-state index contributed by atoms with van der Waals surface area (Å²) in [7, 11) is 0. The van der Waals surface area contributed by atoms with Gasteiger partial charge in [0.2, 0.25) is 0 Å². The van der Waals surface area contributed by atoms with E-state index in [9.17, 15) is 4.79 Å². The SMILES string of the molecule is CCOC(=O)CCc1cccc(C2CC/C=C/CC(C)(C)c3cnn(c3)Cc3c(c(F)cc4[nH]ccc34)Oc3ccc(F)c(c3)-c3ccn2n3)c1. The molecule has 7 rings (SSSR count). The highest BCUT2D eigenvalue weighted by Crippen LogP contribution is 2.37. The van der Waals surface area contributed by atoms with Gasteiger partial charge in [-0.2, -0.15) is 10.2 Å². The molecule has 0 aliphatic carbocycles. The summed E-state index contributed by atoms with van der Waals surface area (Å²) < 4.78 is 46.4. The van der Waals surface area contributed by atoms with Gasteiger partial charge in [0.1, 0.15) is 11.6 Å². The molecule has 0 radical (unpaired) electrons. The summed E-state index contributed by atoms with van der Waals surface area (Å²) in [5, 5.41) is 10.4. The molecule has 1 aliphatic heterocycles. The van der Waals surface area contributed by atoms with Crippen LogP contribution in [0.4, 0.5) is 8.78 Å². The number of hydrogen-bond donors (Lipinski definition) is 1. The lowest BCUT2D eigenvalue weighted by Crippen LogP contribution is -2.15. The molecular weight excluding hydrogens is 648 g/mol. The topological polar surface area (TPSA) is 87.0 Å². The first-order valence-electron chi connectivity index (χ1n) is 17.4. The molecule has 1 atom stereocenters. The summed E-state index contributed by atoms with van der Waals surface area (Å²) in [4.78, 5) is 15.2. The van der Waals surface area contributed by atoms with E-state index in [0.717, 1.165) is 41.3 Å². The molecule has 0 spiro atoms. The number of aryl methyl sites for hydroxylation is 1. The van der Waals surface area contributed by atoms with E-state index in [1.165, 1.54) is 18.2 Å². The van der Waals surface area contributed by atoms with Crippen molar-refractivity contribution in [1.82, 2.24) is 24.5 Å². The van der Waals surface area contributed by atoms with Crippen molar-refractivity contribution in [3.05, 3.63) is 131 Å². The molecule has 1 unspecified atom stereocenters. The fourth-order valence-electron chi connectivity index (χ4n) is 6.74. The van der Waals surface area contributed by atoms with Crippen molar-refractivity contribution in [2.24, 2.45) is 0 Å². The number of carbonyl (C=O) groups excluding carboxylic acids is 1. The second kappa shape index (κ2) is 14.4. The van der Waals surface area contributed by atoms with E-state index in [1.807, 2.05) is 41.5 Å². The van der Waals surface area contributed by atoms with Gasteiger partial charge in [0.15, 0.2) is 11.6 Å². The average Bonchev–Trinajstić information content (AvgIpc) is 3.90. The summed E-state index contributed by atoms with van der Waals surface area (Å²) in [6, 6.07) is 17.5. The van der Waals surface area contributed by atoms with Crippen LogP contribution in [0.1, 0.15) is 74.8 Å². The van der Waals surface area contributed by atoms with E-state index in [2.05, 4.69) is 48.2 Å². The van der Waals surface area contributed by atoms with Gasteiger partial charge in [-0.3, -0.25) is 14.2 Å². The van der Waals surface area contributed by atoms with E-state index in [4.69, 9.17) is 14.6 Å². The van der Waals surface area contributed by atoms with Crippen LogP contribution in [0, 0.1) is 11.6 Å². The Kier molecular flexibility index (Phi) is 9.58. The van der Waals surface area contributed by atoms with Crippen LogP contribution < -0.4 is 4.74 Å². The van der Waals surface area contributed by atoms with E-state index in [1.54, 1.807) is 29.9 Å². The van der Waals surface area contributed by atoms with Crippen LogP contribution in [0.3, 0.4) is 0 Å². The maximum atomic E-state index is 15.8. The van der Waals surface area contributed by atoms with Crippen LogP contribution in [0.2, 0.25) is 0 Å². The molecule has 51 heavy (non-hydrogen) atoms. The zero-order valence-corrected chi connectivity index (χ0v) is 29.0. The van der Waals surface area contributed by atoms with E-state index < -0.39 is 11.6 Å². The van der Waals surface area contributed by atoms with Crippen molar-refractivity contribution in [2.75, 3.05) is 6.61 Å². The van der Waals surface area contributed by atoms with E-state index in [0.29, 0.717) is 36.2 Å². The van der Waals surface area contributed by atoms with E-state index in [-0.39, 0.29) is 41.0 Å².